The number of likely N-dealkylation sites (tertiary alicyclic amines) is 1. The molecule has 1 saturated carbocycles. The van der Waals surface area contributed by atoms with Gasteiger partial charge in [-0.3, -0.25) is 9.59 Å². The van der Waals surface area contributed by atoms with Gasteiger partial charge in [0.1, 0.15) is 6.04 Å². The van der Waals surface area contributed by atoms with Gasteiger partial charge in [0.05, 0.1) is 6.10 Å². The summed E-state index contributed by atoms with van der Waals surface area (Å²) in [6.45, 7) is 3.09. The fraction of sp³-hybridized carbons (Fsp3) is 0.600. The van der Waals surface area contributed by atoms with E-state index in [-0.39, 0.29) is 29.9 Å². The van der Waals surface area contributed by atoms with Gasteiger partial charge in [-0.1, -0.05) is 36.2 Å². The summed E-state index contributed by atoms with van der Waals surface area (Å²) in [5, 5.41) is 9.99. The van der Waals surface area contributed by atoms with E-state index in [1.807, 2.05) is 31.2 Å². The Bertz CT molecular complexity index is 628. The number of likely N-dealkylation sites (N-methyl/N-ethyl adjacent to an activating group) is 1. The molecule has 3 unspecified atom stereocenters. The smallest absolute Gasteiger partial charge is 0.245 e. The predicted octanol–water partition coefficient (Wildman–Crippen LogP) is 2.11. The molecule has 3 atom stereocenters. The first-order valence-corrected chi connectivity index (χ1v) is 9.24. The standard InChI is InChI=1S/C20H28N2O3/c1-14-6-8-15(9-7-14)12-22-17(10-11-19(22)24)20(25)21(2)13-16-4-3-5-18(16)23/h6-9,16-18,23H,3-5,10-13H2,1-2H3. The number of hydrogen-bond acceptors (Lipinski definition) is 3. The number of amides is 2. The number of aryl methyl sites for hydroxylation is 1. The van der Waals surface area contributed by atoms with Crippen LogP contribution >= 0.6 is 0 Å². The van der Waals surface area contributed by atoms with Crippen molar-refractivity contribution in [1.29, 1.82) is 0 Å². The molecule has 1 aromatic carbocycles. The van der Waals surface area contributed by atoms with Gasteiger partial charge in [-0.2, -0.15) is 0 Å². The summed E-state index contributed by atoms with van der Waals surface area (Å²) in [5.74, 6) is 0.210. The summed E-state index contributed by atoms with van der Waals surface area (Å²) in [6, 6.07) is 7.71. The predicted molar refractivity (Wildman–Crippen MR) is 95.7 cm³/mol. The Balaban J connectivity index is 1.65. The molecule has 5 heteroatoms. The van der Waals surface area contributed by atoms with Crippen molar-refractivity contribution in [2.45, 2.75) is 57.7 Å². The monoisotopic (exact) mass is 344 g/mol. The second-order valence-electron chi connectivity index (χ2n) is 7.54. The zero-order chi connectivity index (χ0) is 18.0. The van der Waals surface area contributed by atoms with Gasteiger partial charge in [0.2, 0.25) is 11.8 Å². The van der Waals surface area contributed by atoms with Crippen molar-refractivity contribution in [1.82, 2.24) is 9.80 Å². The highest BCUT2D eigenvalue weighted by Gasteiger charge is 2.38. The minimum Gasteiger partial charge on any atom is -0.393 e. The Morgan fingerprint density at radius 3 is 2.60 bits per heavy atom. The maximum Gasteiger partial charge on any atom is 0.245 e. The number of hydrogen-bond donors (Lipinski definition) is 1. The van der Waals surface area contributed by atoms with Crippen LogP contribution < -0.4 is 0 Å². The summed E-state index contributed by atoms with van der Waals surface area (Å²) < 4.78 is 0. The lowest BCUT2D eigenvalue weighted by Gasteiger charge is -2.30. The molecule has 3 rings (SSSR count). The van der Waals surface area contributed by atoms with Crippen LogP contribution in [0.15, 0.2) is 24.3 Å². The Labute approximate surface area is 149 Å². The van der Waals surface area contributed by atoms with E-state index in [4.69, 9.17) is 0 Å². The Morgan fingerprint density at radius 1 is 1.24 bits per heavy atom. The van der Waals surface area contributed by atoms with Gasteiger partial charge in [-0.05, 0) is 31.7 Å². The van der Waals surface area contributed by atoms with Gasteiger partial charge in [0.15, 0.2) is 0 Å². The maximum absolute atomic E-state index is 12.9. The van der Waals surface area contributed by atoms with Gasteiger partial charge in [-0.25, -0.2) is 0 Å². The molecular formula is C20H28N2O3. The van der Waals surface area contributed by atoms with E-state index >= 15 is 0 Å². The van der Waals surface area contributed by atoms with Gasteiger partial charge in [-0.15, -0.1) is 0 Å². The van der Waals surface area contributed by atoms with Gasteiger partial charge in [0.25, 0.3) is 0 Å². The Morgan fingerprint density at radius 2 is 1.96 bits per heavy atom. The van der Waals surface area contributed by atoms with Crippen LogP contribution in [0.25, 0.3) is 0 Å². The maximum atomic E-state index is 12.9. The Hall–Kier alpha value is -1.88. The number of rotatable bonds is 5. The lowest BCUT2D eigenvalue weighted by Crippen LogP contribution is -2.46. The molecule has 1 aliphatic carbocycles. The second kappa shape index (κ2) is 7.56. The topological polar surface area (TPSA) is 60.9 Å². The SMILES string of the molecule is Cc1ccc(CN2C(=O)CCC2C(=O)N(C)CC2CCCC2O)cc1. The van der Waals surface area contributed by atoms with E-state index in [0.29, 0.717) is 25.9 Å². The molecule has 0 radical (unpaired) electrons. The summed E-state index contributed by atoms with van der Waals surface area (Å²) >= 11 is 0. The molecule has 2 aliphatic rings. The average molecular weight is 344 g/mol. The van der Waals surface area contributed by atoms with E-state index in [1.54, 1.807) is 16.8 Å². The molecule has 1 aromatic rings. The van der Waals surface area contributed by atoms with E-state index < -0.39 is 0 Å². The van der Waals surface area contributed by atoms with Crippen LogP contribution in [0.4, 0.5) is 0 Å². The second-order valence-corrected chi connectivity index (χ2v) is 7.54. The molecule has 1 aliphatic heterocycles. The van der Waals surface area contributed by atoms with Crippen LogP contribution in [-0.2, 0) is 16.1 Å². The van der Waals surface area contributed by atoms with E-state index in [2.05, 4.69) is 0 Å². The lowest BCUT2D eigenvalue weighted by molar-refractivity contribution is -0.141. The van der Waals surface area contributed by atoms with Crippen molar-refractivity contribution in [2.75, 3.05) is 13.6 Å². The normalized spacial score (nSPS) is 26.3. The molecule has 136 valence electrons. The van der Waals surface area contributed by atoms with Gasteiger partial charge >= 0.3 is 0 Å². The minimum atomic E-state index is -0.377. The number of nitrogens with zero attached hydrogens (tertiary/aromatic N) is 2. The van der Waals surface area contributed by atoms with Crippen LogP contribution in [-0.4, -0.2) is 52.5 Å². The van der Waals surface area contributed by atoms with Crippen LogP contribution in [0.3, 0.4) is 0 Å². The summed E-state index contributed by atoms with van der Waals surface area (Å²) in [5.41, 5.74) is 2.23. The minimum absolute atomic E-state index is 0.00272. The largest absolute Gasteiger partial charge is 0.393 e. The molecule has 1 saturated heterocycles. The molecule has 2 amide bonds. The van der Waals surface area contributed by atoms with Crippen molar-refractivity contribution in [2.24, 2.45) is 5.92 Å². The van der Waals surface area contributed by atoms with E-state index in [1.165, 1.54) is 5.56 Å². The Kier molecular flexibility index (Phi) is 5.42. The average Bonchev–Trinajstić information content (AvgIpc) is 3.15. The van der Waals surface area contributed by atoms with Crippen molar-refractivity contribution in [3.63, 3.8) is 0 Å². The zero-order valence-electron chi connectivity index (χ0n) is 15.1. The molecule has 0 spiro atoms. The van der Waals surface area contributed by atoms with Crippen LogP contribution in [0.2, 0.25) is 0 Å². The third-order valence-electron chi connectivity index (χ3n) is 5.59. The van der Waals surface area contributed by atoms with Crippen LogP contribution in [0.5, 0.6) is 0 Å². The van der Waals surface area contributed by atoms with E-state index in [0.717, 1.165) is 24.8 Å². The van der Waals surface area contributed by atoms with Crippen molar-refractivity contribution >= 4 is 11.8 Å². The van der Waals surface area contributed by atoms with Crippen molar-refractivity contribution in [3.05, 3.63) is 35.4 Å². The first-order chi connectivity index (χ1) is 12.0. The molecule has 1 N–H and O–H groups in total. The van der Waals surface area contributed by atoms with Gasteiger partial charge < -0.3 is 14.9 Å². The third-order valence-corrected chi connectivity index (χ3v) is 5.59. The lowest BCUT2D eigenvalue weighted by atomic mass is 10.0. The summed E-state index contributed by atoms with van der Waals surface area (Å²) in [4.78, 5) is 28.6. The fourth-order valence-electron chi connectivity index (χ4n) is 4.01. The van der Waals surface area contributed by atoms with Crippen molar-refractivity contribution < 1.29 is 14.7 Å². The quantitative estimate of drug-likeness (QED) is 0.890. The first-order valence-electron chi connectivity index (χ1n) is 9.24. The highest BCUT2D eigenvalue weighted by atomic mass is 16.3. The zero-order valence-corrected chi connectivity index (χ0v) is 15.1. The summed E-state index contributed by atoms with van der Waals surface area (Å²) in [6.07, 6.45) is 3.53. The van der Waals surface area contributed by atoms with Crippen LogP contribution in [0, 0.1) is 12.8 Å². The highest BCUT2D eigenvalue weighted by molar-refractivity contribution is 5.90. The molecular weight excluding hydrogens is 316 g/mol. The van der Waals surface area contributed by atoms with Crippen LogP contribution in [0.1, 0.15) is 43.2 Å². The molecule has 0 bridgehead atoms. The number of aliphatic hydroxyl groups is 1. The first kappa shape index (κ1) is 17.9. The van der Waals surface area contributed by atoms with E-state index in [9.17, 15) is 14.7 Å². The highest BCUT2D eigenvalue weighted by Crippen LogP contribution is 2.28. The number of benzene rings is 1. The number of carbonyl (C=O) groups excluding carboxylic acids is 2. The molecule has 5 nitrogen and oxygen atoms in total. The number of aliphatic hydroxyl groups excluding tert-OH is 1. The fourth-order valence-corrected chi connectivity index (χ4v) is 4.01. The summed E-state index contributed by atoms with van der Waals surface area (Å²) in [7, 11) is 1.79. The third kappa shape index (κ3) is 4.03. The molecule has 0 aromatic heterocycles. The molecule has 25 heavy (non-hydrogen) atoms. The molecule has 1 heterocycles. The number of carbonyl (C=O) groups is 2. The van der Waals surface area contributed by atoms with Crippen molar-refractivity contribution in [3.8, 4) is 0 Å². The van der Waals surface area contributed by atoms with Gasteiger partial charge in [0, 0.05) is 32.5 Å². The molecule has 2 fully saturated rings.